The second-order valence-corrected chi connectivity index (χ2v) is 8.52. The maximum atomic E-state index is 11.6. The highest BCUT2D eigenvalue weighted by Crippen LogP contribution is 2.15. The minimum atomic E-state index is -2.90. The molecule has 0 radical (unpaired) electrons. The largest absolute Gasteiger partial charge is 0.494 e. The molecule has 26 heavy (non-hydrogen) atoms. The van der Waals surface area contributed by atoms with Gasteiger partial charge in [-0.3, -0.25) is 0 Å². The van der Waals surface area contributed by atoms with Crippen LogP contribution in [0.3, 0.4) is 0 Å². The van der Waals surface area contributed by atoms with E-state index in [1.165, 1.54) is 0 Å². The number of nitrogens with one attached hydrogen (secondary N) is 2. The zero-order chi connectivity index (χ0) is 18.1. The van der Waals surface area contributed by atoms with Crippen molar-refractivity contribution in [3.8, 4) is 5.75 Å². The molecule has 0 aromatic heterocycles. The van der Waals surface area contributed by atoms with Crippen LogP contribution in [0.25, 0.3) is 0 Å². The van der Waals surface area contributed by atoms with Crippen molar-refractivity contribution in [1.29, 1.82) is 0 Å². The van der Waals surface area contributed by atoms with Crippen LogP contribution >= 0.6 is 24.0 Å². The minimum Gasteiger partial charge on any atom is -0.494 e. The van der Waals surface area contributed by atoms with Crippen molar-refractivity contribution in [2.75, 3.05) is 24.7 Å². The van der Waals surface area contributed by atoms with Gasteiger partial charge in [-0.05, 0) is 37.5 Å². The SMILES string of the molecule is CCCCOc1cccc(CN=C(NCC)NC2CCS(=O)(=O)C2)c1.I. The van der Waals surface area contributed by atoms with Gasteiger partial charge in [-0.1, -0.05) is 25.5 Å². The molecule has 8 heteroatoms. The molecule has 1 saturated heterocycles. The lowest BCUT2D eigenvalue weighted by molar-refractivity contribution is 0.309. The van der Waals surface area contributed by atoms with E-state index in [9.17, 15) is 8.42 Å². The highest BCUT2D eigenvalue weighted by Gasteiger charge is 2.28. The normalized spacial score (nSPS) is 18.8. The van der Waals surface area contributed by atoms with Crippen molar-refractivity contribution in [2.45, 2.75) is 45.7 Å². The number of rotatable bonds is 8. The number of unbranched alkanes of at least 4 members (excludes halogenated alkanes) is 1. The lowest BCUT2D eigenvalue weighted by Gasteiger charge is -2.16. The third-order valence-electron chi connectivity index (χ3n) is 4.00. The molecule has 148 valence electrons. The molecular weight excluding hydrogens is 465 g/mol. The van der Waals surface area contributed by atoms with E-state index in [0.717, 1.165) is 37.3 Å². The van der Waals surface area contributed by atoms with Gasteiger partial charge in [0, 0.05) is 12.6 Å². The van der Waals surface area contributed by atoms with Gasteiger partial charge >= 0.3 is 0 Å². The van der Waals surface area contributed by atoms with Gasteiger partial charge in [0.1, 0.15) is 5.75 Å². The van der Waals surface area contributed by atoms with Crippen molar-refractivity contribution in [1.82, 2.24) is 10.6 Å². The Kier molecular flexibility index (Phi) is 10.3. The summed E-state index contributed by atoms with van der Waals surface area (Å²) in [5, 5.41) is 6.40. The van der Waals surface area contributed by atoms with Gasteiger partial charge in [0.25, 0.3) is 0 Å². The lowest BCUT2D eigenvalue weighted by atomic mass is 10.2. The summed E-state index contributed by atoms with van der Waals surface area (Å²) in [5.74, 6) is 1.95. The molecule has 1 fully saturated rings. The Labute approximate surface area is 174 Å². The van der Waals surface area contributed by atoms with E-state index in [4.69, 9.17) is 4.74 Å². The first-order valence-corrected chi connectivity index (χ1v) is 10.8. The number of hydrogen-bond donors (Lipinski definition) is 2. The van der Waals surface area contributed by atoms with Crippen LogP contribution in [0, 0.1) is 0 Å². The van der Waals surface area contributed by atoms with Gasteiger partial charge in [0.05, 0.1) is 24.7 Å². The van der Waals surface area contributed by atoms with Crippen LogP contribution in [-0.2, 0) is 16.4 Å². The summed E-state index contributed by atoms with van der Waals surface area (Å²) in [7, 11) is -2.90. The molecule has 6 nitrogen and oxygen atoms in total. The molecule has 0 spiro atoms. The zero-order valence-corrected chi connectivity index (χ0v) is 18.7. The van der Waals surface area contributed by atoms with E-state index in [1.54, 1.807) is 0 Å². The molecule has 0 aliphatic carbocycles. The Morgan fingerprint density at radius 1 is 1.35 bits per heavy atom. The van der Waals surface area contributed by atoms with E-state index in [-0.39, 0.29) is 41.5 Å². The van der Waals surface area contributed by atoms with E-state index in [0.29, 0.717) is 18.9 Å². The van der Waals surface area contributed by atoms with Gasteiger partial charge in [-0.2, -0.15) is 0 Å². The molecule has 0 amide bonds. The molecule has 0 bridgehead atoms. The first kappa shape index (κ1) is 23.0. The number of aliphatic imine (C=N–C) groups is 1. The molecule has 1 aromatic rings. The molecule has 1 heterocycles. The average molecular weight is 495 g/mol. The second-order valence-electron chi connectivity index (χ2n) is 6.29. The highest BCUT2D eigenvalue weighted by molar-refractivity contribution is 14.0. The van der Waals surface area contributed by atoms with Crippen LogP contribution in [0.2, 0.25) is 0 Å². The predicted molar refractivity (Wildman–Crippen MR) is 117 cm³/mol. The quantitative estimate of drug-likeness (QED) is 0.251. The summed E-state index contributed by atoms with van der Waals surface area (Å²) in [6.07, 6.45) is 2.78. The van der Waals surface area contributed by atoms with E-state index < -0.39 is 9.84 Å². The number of guanidine groups is 1. The molecule has 1 atom stereocenters. The smallest absolute Gasteiger partial charge is 0.191 e. The summed E-state index contributed by atoms with van der Waals surface area (Å²) in [4.78, 5) is 4.58. The zero-order valence-electron chi connectivity index (χ0n) is 15.5. The number of halogens is 1. The van der Waals surface area contributed by atoms with E-state index >= 15 is 0 Å². The minimum absolute atomic E-state index is 0. The van der Waals surface area contributed by atoms with Crippen LogP contribution in [0.15, 0.2) is 29.3 Å². The average Bonchev–Trinajstić information content (AvgIpc) is 2.92. The van der Waals surface area contributed by atoms with Crippen LogP contribution < -0.4 is 15.4 Å². The third kappa shape index (κ3) is 8.11. The molecule has 2 N–H and O–H groups in total. The first-order valence-electron chi connectivity index (χ1n) is 8.99. The number of hydrogen-bond acceptors (Lipinski definition) is 4. The van der Waals surface area contributed by atoms with Gasteiger partial charge in [0.15, 0.2) is 15.8 Å². The summed E-state index contributed by atoms with van der Waals surface area (Å²) < 4.78 is 28.9. The van der Waals surface area contributed by atoms with Gasteiger partial charge in [-0.25, -0.2) is 13.4 Å². The molecule has 0 saturated carbocycles. The summed E-state index contributed by atoms with van der Waals surface area (Å²) in [5.41, 5.74) is 1.06. The fourth-order valence-electron chi connectivity index (χ4n) is 2.66. The summed E-state index contributed by atoms with van der Waals surface area (Å²) in [6, 6.07) is 7.88. The van der Waals surface area contributed by atoms with Gasteiger partial charge in [0.2, 0.25) is 0 Å². The number of ether oxygens (including phenoxy) is 1. The fourth-order valence-corrected chi connectivity index (χ4v) is 4.33. The van der Waals surface area contributed by atoms with Gasteiger partial charge < -0.3 is 15.4 Å². The van der Waals surface area contributed by atoms with Crippen LogP contribution in [0.5, 0.6) is 5.75 Å². The number of benzene rings is 1. The Balaban J connectivity index is 0.00000338. The number of nitrogens with zero attached hydrogens (tertiary/aromatic N) is 1. The maximum absolute atomic E-state index is 11.6. The molecule has 1 aliphatic rings. The monoisotopic (exact) mass is 495 g/mol. The third-order valence-corrected chi connectivity index (χ3v) is 5.77. The highest BCUT2D eigenvalue weighted by atomic mass is 127. The van der Waals surface area contributed by atoms with Gasteiger partial charge in [-0.15, -0.1) is 24.0 Å². The Morgan fingerprint density at radius 2 is 2.15 bits per heavy atom. The van der Waals surface area contributed by atoms with Crippen LogP contribution in [-0.4, -0.2) is 45.1 Å². The van der Waals surface area contributed by atoms with Crippen molar-refractivity contribution >= 4 is 39.8 Å². The summed E-state index contributed by atoms with van der Waals surface area (Å²) >= 11 is 0. The topological polar surface area (TPSA) is 79.8 Å². The predicted octanol–water partition coefficient (Wildman–Crippen LogP) is 2.73. The van der Waals surface area contributed by atoms with Crippen molar-refractivity contribution in [3.63, 3.8) is 0 Å². The molecule has 2 rings (SSSR count). The second kappa shape index (κ2) is 11.6. The Hall–Kier alpha value is -1.03. The Morgan fingerprint density at radius 3 is 2.81 bits per heavy atom. The lowest BCUT2D eigenvalue weighted by Crippen LogP contribution is -2.44. The van der Waals surface area contributed by atoms with Crippen LogP contribution in [0.4, 0.5) is 0 Å². The summed E-state index contributed by atoms with van der Waals surface area (Å²) in [6.45, 7) is 6.10. The Bertz CT molecular complexity index is 680. The fraction of sp³-hybridized carbons (Fsp3) is 0.611. The maximum Gasteiger partial charge on any atom is 0.191 e. The van der Waals surface area contributed by atoms with Crippen molar-refractivity contribution in [2.24, 2.45) is 4.99 Å². The van der Waals surface area contributed by atoms with Crippen LogP contribution in [0.1, 0.15) is 38.7 Å². The first-order chi connectivity index (χ1) is 12.0. The molecular formula is C18H30IN3O3S. The molecule has 1 aliphatic heterocycles. The standard InChI is InChI=1S/C18H29N3O3S.HI/c1-3-5-10-24-17-8-6-7-15(12-17)13-20-18(19-4-2)21-16-9-11-25(22,23)14-16;/h6-8,12,16H,3-5,9-11,13-14H2,1-2H3,(H2,19,20,21);1H. The van der Waals surface area contributed by atoms with Crippen molar-refractivity contribution < 1.29 is 13.2 Å². The van der Waals surface area contributed by atoms with E-state index in [2.05, 4.69) is 22.5 Å². The van der Waals surface area contributed by atoms with E-state index in [1.807, 2.05) is 31.2 Å². The molecule has 1 aromatic carbocycles. The molecule has 1 unspecified atom stereocenters. The number of sulfone groups is 1. The van der Waals surface area contributed by atoms with Crippen molar-refractivity contribution in [3.05, 3.63) is 29.8 Å².